The van der Waals surface area contributed by atoms with E-state index in [0.29, 0.717) is 11.8 Å². The van der Waals surface area contributed by atoms with Crippen LogP contribution in [0.2, 0.25) is 0 Å². The first-order valence-electron chi connectivity index (χ1n) is 6.00. The van der Waals surface area contributed by atoms with Gasteiger partial charge in [-0.2, -0.15) is 4.80 Å². The molecule has 7 heteroatoms. The summed E-state index contributed by atoms with van der Waals surface area (Å²) in [6.45, 7) is 8.28. The van der Waals surface area contributed by atoms with Gasteiger partial charge in [-0.3, -0.25) is 4.68 Å². The Kier molecular flexibility index (Phi) is 4.94. The molecule has 0 N–H and O–H groups in total. The number of tetrazole rings is 1. The molecular weight excluding hydrogens is 230 g/mol. The predicted molar refractivity (Wildman–Crippen MR) is 68.0 cm³/mol. The average molecular weight is 251 g/mol. The van der Waals surface area contributed by atoms with Gasteiger partial charge in [-0.05, 0) is 11.1 Å². The molecule has 0 bridgehead atoms. The summed E-state index contributed by atoms with van der Waals surface area (Å²) in [5.41, 5.74) is 1.05. The van der Waals surface area contributed by atoms with Crippen LogP contribution in [0.3, 0.4) is 0 Å². The van der Waals surface area contributed by atoms with Gasteiger partial charge in [0.1, 0.15) is 0 Å². The lowest BCUT2D eigenvalue weighted by molar-refractivity contribution is 0.625. The number of hydrogen-bond donors (Lipinski definition) is 0. The van der Waals surface area contributed by atoms with Crippen molar-refractivity contribution in [2.75, 3.05) is 0 Å². The summed E-state index contributed by atoms with van der Waals surface area (Å²) in [6.07, 6.45) is 1.94. The Morgan fingerprint density at radius 1 is 0.944 bits per heavy atom. The van der Waals surface area contributed by atoms with Crippen LogP contribution in [0.25, 0.3) is 0 Å². The van der Waals surface area contributed by atoms with Gasteiger partial charge in [-0.15, -0.1) is 15.3 Å². The Bertz CT molecular complexity index is 425. The summed E-state index contributed by atoms with van der Waals surface area (Å²) in [5.74, 6) is 1.66. The molecule has 0 aromatic carbocycles. The molecule has 18 heavy (non-hydrogen) atoms. The third-order valence-electron chi connectivity index (χ3n) is 2.25. The van der Waals surface area contributed by atoms with Gasteiger partial charge in [0, 0.05) is 19.2 Å². The maximum Gasteiger partial charge on any atom is 0.177 e. The molecule has 0 aliphatic heterocycles. The molecule has 7 nitrogen and oxygen atoms in total. The second-order valence-electron chi connectivity index (χ2n) is 4.76. The number of nitrogens with zero attached hydrogens (tertiary/aromatic N) is 7. The van der Waals surface area contributed by atoms with Gasteiger partial charge in [0.15, 0.2) is 5.82 Å². The van der Waals surface area contributed by atoms with Crippen molar-refractivity contribution < 1.29 is 0 Å². The fourth-order valence-corrected chi connectivity index (χ4v) is 1.16. The number of hydrogen-bond acceptors (Lipinski definition) is 5. The summed E-state index contributed by atoms with van der Waals surface area (Å²) in [7, 11) is 3.64. The Morgan fingerprint density at radius 2 is 1.61 bits per heavy atom. The molecular formula is C11H21N7. The zero-order chi connectivity index (χ0) is 13.7. The minimum absolute atomic E-state index is 0.374. The molecule has 0 radical (unpaired) electrons. The van der Waals surface area contributed by atoms with Gasteiger partial charge in [0.25, 0.3) is 0 Å². The van der Waals surface area contributed by atoms with Crippen molar-refractivity contribution in [1.82, 2.24) is 35.2 Å². The van der Waals surface area contributed by atoms with Crippen molar-refractivity contribution in [2.45, 2.75) is 39.5 Å². The highest BCUT2D eigenvalue weighted by atomic mass is 15.6. The van der Waals surface area contributed by atoms with Gasteiger partial charge in [-0.25, -0.2) is 0 Å². The summed E-state index contributed by atoms with van der Waals surface area (Å²) in [6, 6.07) is 0. The van der Waals surface area contributed by atoms with E-state index in [0.717, 1.165) is 11.5 Å². The lowest BCUT2D eigenvalue weighted by Gasteiger charge is -1.93. The van der Waals surface area contributed by atoms with Crippen LogP contribution in [0.4, 0.5) is 0 Å². The van der Waals surface area contributed by atoms with Gasteiger partial charge >= 0.3 is 0 Å². The van der Waals surface area contributed by atoms with E-state index in [1.165, 1.54) is 4.80 Å². The molecule has 0 spiro atoms. The van der Waals surface area contributed by atoms with E-state index in [1.807, 2.05) is 27.1 Å². The Morgan fingerprint density at radius 3 is 1.83 bits per heavy atom. The molecule has 0 saturated carbocycles. The van der Waals surface area contributed by atoms with Crippen molar-refractivity contribution in [1.29, 1.82) is 0 Å². The molecule has 0 amide bonds. The number of rotatable bonds is 2. The Labute approximate surface area is 107 Å². The molecule has 0 saturated heterocycles. The van der Waals surface area contributed by atoms with Gasteiger partial charge in [-0.1, -0.05) is 32.9 Å². The third-order valence-corrected chi connectivity index (χ3v) is 2.25. The topological polar surface area (TPSA) is 74.3 Å². The van der Waals surface area contributed by atoms with E-state index in [9.17, 15) is 0 Å². The van der Waals surface area contributed by atoms with Crippen LogP contribution in [-0.2, 0) is 14.1 Å². The molecule has 100 valence electrons. The van der Waals surface area contributed by atoms with Gasteiger partial charge < -0.3 is 0 Å². The van der Waals surface area contributed by atoms with Gasteiger partial charge in [0.2, 0.25) is 0 Å². The largest absolute Gasteiger partial charge is 0.255 e. The van der Waals surface area contributed by atoms with Gasteiger partial charge in [0.05, 0.1) is 12.7 Å². The first-order chi connectivity index (χ1) is 8.40. The monoisotopic (exact) mass is 251 g/mol. The first-order valence-corrected chi connectivity index (χ1v) is 6.00. The first kappa shape index (κ1) is 14.3. The summed E-state index contributed by atoms with van der Waals surface area (Å²) in [4.78, 5) is 1.47. The molecule has 0 aliphatic carbocycles. The van der Waals surface area contributed by atoms with Crippen LogP contribution in [0.5, 0.6) is 0 Å². The lowest BCUT2D eigenvalue weighted by Crippen LogP contribution is -1.94. The van der Waals surface area contributed by atoms with E-state index >= 15 is 0 Å². The molecule has 0 fully saturated rings. The summed E-state index contributed by atoms with van der Waals surface area (Å²) >= 11 is 0. The average Bonchev–Trinajstić information content (AvgIpc) is 2.88. The van der Waals surface area contributed by atoms with E-state index in [4.69, 9.17) is 0 Å². The van der Waals surface area contributed by atoms with Crippen LogP contribution in [0.15, 0.2) is 6.20 Å². The standard InChI is InChI=1S/C6H11N3.C5H10N4/c1-5(2)6-4-9(3)8-7-6;1-4(2)5-6-8-9(3)7-5/h4-5H,1-3H3;4H,1-3H3. The molecule has 2 aromatic heterocycles. The third kappa shape index (κ3) is 4.23. The van der Waals surface area contributed by atoms with Crippen LogP contribution >= 0.6 is 0 Å². The highest BCUT2D eigenvalue weighted by Gasteiger charge is 2.03. The number of aryl methyl sites for hydroxylation is 2. The highest BCUT2D eigenvalue weighted by molar-refractivity contribution is 4.97. The van der Waals surface area contributed by atoms with E-state index < -0.39 is 0 Å². The molecule has 0 unspecified atom stereocenters. The van der Waals surface area contributed by atoms with Crippen molar-refractivity contribution in [3.63, 3.8) is 0 Å². The van der Waals surface area contributed by atoms with Crippen LogP contribution in [0, 0.1) is 0 Å². The maximum atomic E-state index is 4.00. The smallest absolute Gasteiger partial charge is 0.177 e. The second-order valence-corrected chi connectivity index (χ2v) is 4.76. The van der Waals surface area contributed by atoms with E-state index in [2.05, 4.69) is 39.6 Å². The molecule has 0 atom stereocenters. The minimum Gasteiger partial charge on any atom is -0.255 e. The normalized spacial score (nSPS) is 10.7. The zero-order valence-electron chi connectivity index (χ0n) is 11.9. The SMILES string of the molecule is CC(C)c1cn(C)nn1.CC(C)c1nnn(C)n1. The predicted octanol–water partition coefficient (Wildman–Crippen LogP) is 1.27. The Hall–Kier alpha value is -1.79. The fourth-order valence-electron chi connectivity index (χ4n) is 1.16. The van der Waals surface area contributed by atoms with Crippen molar-refractivity contribution in [2.24, 2.45) is 14.1 Å². The second kappa shape index (κ2) is 6.23. The minimum atomic E-state index is 0.374. The molecule has 2 aromatic rings. The van der Waals surface area contributed by atoms with E-state index in [1.54, 1.807) is 11.7 Å². The highest BCUT2D eigenvalue weighted by Crippen LogP contribution is 2.07. The van der Waals surface area contributed by atoms with Crippen LogP contribution in [-0.4, -0.2) is 35.2 Å². The quantitative estimate of drug-likeness (QED) is 0.803. The molecule has 2 heterocycles. The summed E-state index contributed by atoms with van der Waals surface area (Å²) < 4.78 is 1.72. The number of aromatic nitrogens is 7. The lowest BCUT2D eigenvalue weighted by atomic mass is 10.2. The maximum absolute atomic E-state index is 4.00. The fraction of sp³-hybridized carbons (Fsp3) is 0.727. The molecule has 0 aliphatic rings. The van der Waals surface area contributed by atoms with Crippen LogP contribution < -0.4 is 0 Å². The van der Waals surface area contributed by atoms with Crippen molar-refractivity contribution >= 4 is 0 Å². The van der Waals surface area contributed by atoms with Crippen molar-refractivity contribution in [3.05, 3.63) is 17.7 Å². The zero-order valence-corrected chi connectivity index (χ0v) is 11.9. The van der Waals surface area contributed by atoms with E-state index in [-0.39, 0.29) is 0 Å². The molecule has 2 rings (SSSR count). The van der Waals surface area contributed by atoms with Crippen molar-refractivity contribution in [3.8, 4) is 0 Å². The summed E-state index contributed by atoms with van der Waals surface area (Å²) in [5, 5.41) is 19.2. The van der Waals surface area contributed by atoms with Crippen LogP contribution in [0.1, 0.15) is 51.0 Å². The Balaban J connectivity index is 0.000000180.